The summed E-state index contributed by atoms with van der Waals surface area (Å²) in [6.45, 7) is 10.0. The van der Waals surface area contributed by atoms with Crippen molar-refractivity contribution >= 4 is 40.7 Å². The van der Waals surface area contributed by atoms with E-state index >= 15 is 0 Å². The van der Waals surface area contributed by atoms with Crippen LogP contribution in [0.5, 0.6) is 0 Å². The quantitative estimate of drug-likeness (QED) is 0.0214. The van der Waals surface area contributed by atoms with Crippen LogP contribution in [0.1, 0.15) is 77.6 Å². The van der Waals surface area contributed by atoms with Crippen molar-refractivity contribution in [2.45, 2.75) is 57.8 Å². The van der Waals surface area contributed by atoms with E-state index in [2.05, 4.69) is 34.4 Å². The van der Waals surface area contributed by atoms with E-state index in [0.29, 0.717) is 43.0 Å². The molecule has 0 aliphatic heterocycles. The second-order valence-corrected chi connectivity index (χ2v) is 11.8. The van der Waals surface area contributed by atoms with E-state index in [4.69, 9.17) is 14.9 Å². The van der Waals surface area contributed by atoms with E-state index in [1.54, 1.807) is 12.1 Å². The summed E-state index contributed by atoms with van der Waals surface area (Å²) < 4.78 is 10.2. The summed E-state index contributed by atoms with van der Waals surface area (Å²) in [5.74, 6) is -0.558. The van der Waals surface area contributed by atoms with Gasteiger partial charge in [0.05, 0.1) is 13.2 Å². The van der Waals surface area contributed by atoms with Crippen LogP contribution in [-0.2, 0) is 20.7 Å². The number of carbonyl (C=O) groups excluding carboxylic acids is 3. The van der Waals surface area contributed by atoms with Crippen LogP contribution in [0.15, 0.2) is 98.1 Å². The third kappa shape index (κ3) is 15.7. The Kier molecular flexibility index (Phi) is 18.0. The molecule has 0 radical (unpaired) electrons. The number of ether oxygens (including phenoxy) is 2. The van der Waals surface area contributed by atoms with Gasteiger partial charge in [0.15, 0.2) is 0 Å². The molecular weight excluding hydrogens is 630 g/mol. The highest BCUT2D eigenvalue weighted by Crippen LogP contribution is 2.15. The first-order valence-electron chi connectivity index (χ1n) is 17.4. The monoisotopic (exact) mass is 681 g/mol. The average Bonchev–Trinajstić information content (AvgIpc) is 3.14. The number of hydrogen-bond acceptors (Lipinski definition) is 8. The van der Waals surface area contributed by atoms with Gasteiger partial charge in [0.2, 0.25) is 5.90 Å². The maximum atomic E-state index is 12.8. The molecule has 0 fully saturated rings. The Hall–Kier alpha value is -5.38. The van der Waals surface area contributed by atoms with Gasteiger partial charge in [0.1, 0.15) is 0 Å². The molecule has 0 bridgehead atoms. The van der Waals surface area contributed by atoms with Crippen LogP contribution < -0.4 is 21.3 Å². The van der Waals surface area contributed by atoms with Gasteiger partial charge in [-0.2, -0.15) is 0 Å². The molecule has 0 atom stereocenters. The number of amides is 2. The smallest absolute Gasteiger partial charge is 0.330 e. The number of benzene rings is 3. The van der Waals surface area contributed by atoms with Crippen LogP contribution in [0.2, 0.25) is 0 Å². The van der Waals surface area contributed by atoms with Gasteiger partial charge in [0.25, 0.3) is 11.8 Å². The Morgan fingerprint density at radius 3 is 1.62 bits per heavy atom. The summed E-state index contributed by atoms with van der Waals surface area (Å²) in [6, 6.07) is 22.5. The van der Waals surface area contributed by atoms with Gasteiger partial charge in [-0.25, -0.2) is 4.79 Å². The summed E-state index contributed by atoms with van der Waals surface area (Å²) in [4.78, 5) is 36.4. The fourth-order valence-corrected chi connectivity index (χ4v) is 4.96. The van der Waals surface area contributed by atoms with Crippen molar-refractivity contribution < 1.29 is 23.9 Å². The van der Waals surface area contributed by atoms with Crippen molar-refractivity contribution in [3.8, 4) is 0 Å². The lowest BCUT2D eigenvalue weighted by molar-refractivity contribution is -0.137. The molecule has 3 aromatic carbocycles. The standard InChI is InChI=1S/C40H51N5O5/c1-3-37(41)49-29-11-7-5-9-26-42-34-21-15-32(16-22-34)39(47)44-28-25-31-13-19-36(20-14-31)45-40(48)33-17-23-35(24-18-33)43-27-10-6-8-12-30-50-38(46)4-2/h3-4,13-24,41-43H,1-2,5-12,25-30H2,(H,44,47)(H,45,48). The molecular formula is C40H51N5O5. The zero-order chi connectivity index (χ0) is 35.8. The van der Waals surface area contributed by atoms with Crippen molar-refractivity contribution in [3.63, 3.8) is 0 Å². The molecule has 10 heteroatoms. The largest absolute Gasteiger partial charge is 0.478 e. The molecule has 0 saturated heterocycles. The van der Waals surface area contributed by atoms with Crippen LogP contribution in [0, 0.1) is 5.41 Å². The fourth-order valence-electron chi connectivity index (χ4n) is 4.96. The topological polar surface area (TPSA) is 142 Å². The zero-order valence-corrected chi connectivity index (χ0v) is 28.9. The predicted octanol–water partition coefficient (Wildman–Crippen LogP) is 7.77. The highest BCUT2D eigenvalue weighted by Gasteiger charge is 2.08. The average molecular weight is 682 g/mol. The van der Waals surface area contributed by atoms with E-state index in [9.17, 15) is 14.4 Å². The first kappa shape index (κ1) is 39.1. The van der Waals surface area contributed by atoms with Crippen molar-refractivity contribution in [1.29, 1.82) is 5.41 Å². The molecule has 0 spiro atoms. The van der Waals surface area contributed by atoms with Crippen molar-refractivity contribution in [1.82, 2.24) is 5.32 Å². The van der Waals surface area contributed by atoms with Crippen LogP contribution in [0.3, 0.4) is 0 Å². The Balaban J connectivity index is 1.27. The summed E-state index contributed by atoms with van der Waals surface area (Å²) in [5.41, 5.74) is 4.87. The first-order valence-corrected chi connectivity index (χ1v) is 17.4. The van der Waals surface area contributed by atoms with Crippen LogP contribution in [-0.4, -0.2) is 56.5 Å². The van der Waals surface area contributed by atoms with Gasteiger partial charge in [-0.15, -0.1) is 0 Å². The Bertz CT molecular complexity index is 1500. The summed E-state index contributed by atoms with van der Waals surface area (Å²) in [6.07, 6.45) is 11.2. The van der Waals surface area contributed by atoms with Gasteiger partial charge in [0, 0.05) is 53.9 Å². The van der Waals surface area contributed by atoms with Gasteiger partial charge < -0.3 is 30.7 Å². The number of rotatable bonds is 24. The highest BCUT2D eigenvalue weighted by molar-refractivity contribution is 6.04. The number of esters is 1. The highest BCUT2D eigenvalue weighted by atomic mass is 16.5. The molecule has 0 saturated carbocycles. The molecule has 3 aromatic rings. The minimum atomic E-state index is -0.380. The Morgan fingerprint density at radius 2 is 1.08 bits per heavy atom. The third-order valence-electron chi connectivity index (χ3n) is 7.86. The molecule has 10 nitrogen and oxygen atoms in total. The second-order valence-electron chi connectivity index (χ2n) is 11.8. The van der Waals surface area contributed by atoms with E-state index in [1.165, 1.54) is 12.2 Å². The zero-order valence-electron chi connectivity index (χ0n) is 28.9. The second kappa shape index (κ2) is 23.1. The maximum Gasteiger partial charge on any atom is 0.330 e. The van der Waals surface area contributed by atoms with Gasteiger partial charge >= 0.3 is 5.97 Å². The maximum absolute atomic E-state index is 12.8. The molecule has 0 aliphatic carbocycles. The van der Waals surface area contributed by atoms with Gasteiger partial charge in [-0.1, -0.05) is 44.6 Å². The van der Waals surface area contributed by atoms with Gasteiger partial charge in [-0.3, -0.25) is 15.0 Å². The molecule has 50 heavy (non-hydrogen) atoms. The number of hydrogen-bond donors (Lipinski definition) is 5. The van der Waals surface area contributed by atoms with E-state index in [0.717, 1.165) is 81.4 Å². The predicted molar refractivity (Wildman–Crippen MR) is 202 cm³/mol. The number of carbonyl (C=O) groups is 3. The minimum Gasteiger partial charge on any atom is -0.478 e. The summed E-state index contributed by atoms with van der Waals surface area (Å²) >= 11 is 0. The summed E-state index contributed by atoms with van der Waals surface area (Å²) in [7, 11) is 0. The normalized spacial score (nSPS) is 10.4. The van der Waals surface area contributed by atoms with Crippen molar-refractivity contribution in [3.05, 3.63) is 115 Å². The minimum absolute atomic E-state index is 0.117. The van der Waals surface area contributed by atoms with Crippen molar-refractivity contribution in [2.24, 2.45) is 0 Å². The lowest BCUT2D eigenvalue weighted by atomic mass is 10.1. The molecule has 0 unspecified atom stereocenters. The number of unbranched alkanes of at least 4 members (excludes halogenated alkanes) is 6. The van der Waals surface area contributed by atoms with E-state index in [1.807, 2.05) is 60.7 Å². The fraction of sp³-hybridized carbons (Fsp3) is 0.350. The lowest BCUT2D eigenvalue weighted by Crippen LogP contribution is -2.25. The third-order valence-corrected chi connectivity index (χ3v) is 7.86. The molecule has 0 aromatic heterocycles. The van der Waals surface area contributed by atoms with Crippen LogP contribution >= 0.6 is 0 Å². The lowest BCUT2D eigenvalue weighted by Gasteiger charge is -2.10. The summed E-state index contributed by atoms with van der Waals surface area (Å²) in [5, 5.41) is 20.1. The molecule has 0 aliphatic rings. The van der Waals surface area contributed by atoms with Crippen molar-refractivity contribution in [2.75, 3.05) is 48.8 Å². The Morgan fingerprint density at radius 1 is 0.580 bits per heavy atom. The van der Waals surface area contributed by atoms with E-state index in [-0.39, 0.29) is 23.7 Å². The van der Waals surface area contributed by atoms with Crippen LogP contribution in [0.4, 0.5) is 17.1 Å². The SMILES string of the molecule is C=CC(=N)OCCCCCCNc1ccc(C(=O)NCCc2ccc(NC(=O)c3ccc(NCCCCCCOC(=O)C=C)cc3)cc2)cc1. The molecule has 5 N–H and O–H groups in total. The Labute approximate surface area is 296 Å². The number of anilines is 3. The van der Waals surface area contributed by atoms with Gasteiger partial charge in [-0.05, 0) is 111 Å². The van der Waals surface area contributed by atoms with Crippen LogP contribution in [0.25, 0.3) is 0 Å². The number of nitrogens with one attached hydrogen (secondary N) is 5. The van der Waals surface area contributed by atoms with E-state index < -0.39 is 0 Å². The molecule has 2 amide bonds. The molecule has 266 valence electrons. The first-order chi connectivity index (χ1) is 24.4. The molecule has 3 rings (SSSR count). The molecule has 0 heterocycles.